The van der Waals surface area contributed by atoms with Crippen LogP contribution in [0.3, 0.4) is 0 Å². The van der Waals surface area contributed by atoms with E-state index in [0.717, 1.165) is 12.0 Å². The van der Waals surface area contributed by atoms with Gasteiger partial charge < -0.3 is 15.6 Å². The van der Waals surface area contributed by atoms with Crippen LogP contribution >= 0.6 is 0 Å². The summed E-state index contributed by atoms with van der Waals surface area (Å²) in [6.45, 7) is 1.97. The van der Waals surface area contributed by atoms with E-state index in [9.17, 15) is 4.79 Å². The Hall–Kier alpha value is -2.47. The van der Waals surface area contributed by atoms with Crippen molar-refractivity contribution >= 4 is 5.91 Å². The molecule has 109 valence electrons. The van der Waals surface area contributed by atoms with Crippen LogP contribution in [0, 0.1) is 6.20 Å². The molecule has 0 saturated carbocycles. The molecular formula is C15H16N3O3. The number of carbonyl (C=O) groups is 1. The van der Waals surface area contributed by atoms with Gasteiger partial charge in [0.05, 0.1) is 12.2 Å². The smallest absolute Gasteiger partial charge is 0.286 e. The maximum atomic E-state index is 11.1. The third-order valence-corrected chi connectivity index (χ3v) is 2.90. The first-order valence-corrected chi connectivity index (χ1v) is 6.58. The maximum absolute atomic E-state index is 11.1. The van der Waals surface area contributed by atoms with Gasteiger partial charge in [-0.2, -0.15) is 4.98 Å². The molecule has 0 saturated heterocycles. The fourth-order valence-corrected chi connectivity index (χ4v) is 1.79. The lowest BCUT2D eigenvalue weighted by Crippen LogP contribution is -2.16. The quantitative estimate of drug-likeness (QED) is 0.824. The Morgan fingerprint density at radius 1 is 1.38 bits per heavy atom. The minimum Gasteiger partial charge on any atom is -0.475 e. The number of hydrogen-bond donors (Lipinski definition) is 2. The van der Waals surface area contributed by atoms with Gasteiger partial charge in [-0.1, -0.05) is 31.2 Å². The van der Waals surface area contributed by atoms with E-state index < -0.39 is 5.91 Å². The number of benzene rings is 1. The maximum Gasteiger partial charge on any atom is 0.286 e. The number of hydrogen-bond acceptors (Lipinski definition) is 5. The van der Waals surface area contributed by atoms with Gasteiger partial charge >= 0.3 is 0 Å². The van der Waals surface area contributed by atoms with Crippen LogP contribution in [0.4, 0.5) is 0 Å². The molecule has 0 aliphatic carbocycles. The molecule has 2 aromatic rings. The second-order valence-corrected chi connectivity index (χ2v) is 4.33. The summed E-state index contributed by atoms with van der Waals surface area (Å²) in [7, 11) is 0. The minimum atomic E-state index is -0.757. The monoisotopic (exact) mass is 286 g/mol. The van der Waals surface area contributed by atoms with Gasteiger partial charge in [-0.15, -0.1) is 0 Å². The predicted molar refractivity (Wildman–Crippen MR) is 76.8 cm³/mol. The van der Waals surface area contributed by atoms with Crippen LogP contribution in [0.15, 0.2) is 24.3 Å². The van der Waals surface area contributed by atoms with Crippen LogP contribution in [0.5, 0.6) is 5.88 Å². The molecular weight excluding hydrogens is 270 g/mol. The number of carbonyl (C=O) groups excluding carboxylic acids is 1. The van der Waals surface area contributed by atoms with Gasteiger partial charge in [0.1, 0.15) is 12.8 Å². The number of primary amides is 1. The largest absolute Gasteiger partial charge is 0.475 e. The van der Waals surface area contributed by atoms with Gasteiger partial charge in [0, 0.05) is 0 Å². The summed E-state index contributed by atoms with van der Waals surface area (Å²) in [5, 5.41) is 8.87. The molecule has 6 heteroatoms. The standard InChI is InChI=1S/C15H16N3O3/c1-2-10-3-5-11(6-4-10)12-9-17-14(13(16)20)18-15(12)21-8-7-19/h3-6,19H,2,7-8H2,1H3,(H2,16,20). The Kier molecular flexibility index (Phi) is 4.84. The molecule has 6 nitrogen and oxygen atoms in total. The van der Waals surface area contributed by atoms with E-state index in [1.807, 2.05) is 24.3 Å². The lowest BCUT2D eigenvalue weighted by Gasteiger charge is -2.10. The summed E-state index contributed by atoms with van der Waals surface area (Å²) >= 11 is 0. The molecule has 0 fully saturated rings. The van der Waals surface area contributed by atoms with Crippen molar-refractivity contribution in [3.05, 3.63) is 41.9 Å². The van der Waals surface area contributed by atoms with Crippen LogP contribution in [0.1, 0.15) is 23.1 Å². The van der Waals surface area contributed by atoms with Crippen molar-refractivity contribution in [2.75, 3.05) is 13.2 Å². The first-order chi connectivity index (χ1) is 10.2. The molecule has 1 heterocycles. The summed E-state index contributed by atoms with van der Waals surface area (Å²) in [4.78, 5) is 18.9. The van der Waals surface area contributed by atoms with Crippen LogP contribution < -0.4 is 10.5 Å². The van der Waals surface area contributed by atoms with Crippen molar-refractivity contribution < 1.29 is 14.6 Å². The lowest BCUT2D eigenvalue weighted by molar-refractivity contribution is 0.0988. The number of aliphatic hydroxyl groups excluding tert-OH is 1. The normalized spacial score (nSPS) is 10.4. The molecule has 1 aromatic carbocycles. The lowest BCUT2D eigenvalue weighted by atomic mass is 10.1. The molecule has 0 bridgehead atoms. The van der Waals surface area contributed by atoms with Gasteiger partial charge in [-0.3, -0.25) is 4.79 Å². The van der Waals surface area contributed by atoms with Crippen molar-refractivity contribution in [3.63, 3.8) is 0 Å². The zero-order chi connectivity index (χ0) is 15.2. The zero-order valence-corrected chi connectivity index (χ0v) is 11.7. The summed E-state index contributed by atoms with van der Waals surface area (Å²) in [5.74, 6) is -0.748. The highest BCUT2D eigenvalue weighted by Crippen LogP contribution is 2.27. The van der Waals surface area contributed by atoms with E-state index >= 15 is 0 Å². The number of ether oxygens (including phenoxy) is 1. The van der Waals surface area contributed by atoms with Gasteiger partial charge in [0.2, 0.25) is 11.7 Å². The van der Waals surface area contributed by atoms with Crippen molar-refractivity contribution in [1.29, 1.82) is 0 Å². The fourth-order valence-electron chi connectivity index (χ4n) is 1.79. The molecule has 3 N–H and O–H groups in total. The second kappa shape index (κ2) is 6.81. The molecule has 0 atom stereocenters. The average molecular weight is 286 g/mol. The third kappa shape index (κ3) is 3.55. The Morgan fingerprint density at radius 2 is 2.10 bits per heavy atom. The van der Waals surface area contributed by atoms with E-state index in [2.05, 4.69) is 23.1 Å². The van der Waals surface area contributed by atoms with E-state index in [4.69, 9.17) is 15.6 Å². The molecule has 21 heavy (non-hydrogen) atoms. The molecule has 0 unspecified atom stereocenters. The highest BCUT2D eigenvalue weighted by Gasteiger charge is 2.14. The third-order valence-electron chi connectivity index (χ3n) is 2.90. The Bertz CT molecular complexity index is 627. The van der Waals surface area contributed by atoms with Crippen molar-refractivity contribution in [2.45, 2.75) is 13.3 Å². The van der Waals surface area contributed by atoms with E-state index in [-0.39, 0.29) is 24.9 Å². The summed E-state index contributed by atoms with van der Waals surface area (Å²) < 4.78 is 5.35. The molecule has 0 aliphatic rings. The van der Waals surface area contributed by atoms with E-state index in [1.54, 1.807) is 0 Å². The Morgan fingerprint density at radius 3 is 2.67 bits per heavy atom. The minimum absolute atomic E-state index is 0.0586. The van der Waals surface area contributed by atoms with Crippen LogP contribution in [-0.4, -0.2) is 34.2 Å². The van der Waals surface area contributed by atoms with Gasteiger partial charge in [0.25, 0.3) is 5.91 Å². The number of nitrogens with zero attached hydrogens (tertiary/aromatic N) is 2. The number of rotatable bonds is 6. The first-order valence-electron chi connectivity index (χ1n) is 6.58. The molecule has 1 radical (unpaired) electrons. The van der Waals surface area contributed by atoms with Crippen molar-refractivity contribution in [1.82, 2.24) is 9.97 Å². The highest BCUT2D eigenvalue weighted by atomic mass is 16.5. The molecule has 1 amide bonds. The summed E-state index contributed by atoms with van der Waals surface area (Å²) in [5.41, 5.74) is 7.69. The SMILES string of the molecule is CCc1ccc(-c2[c]nc(C(N)=O)nc2OCCO)cc1. The predicted octanol–water partition coefficient (Wildman–Crippen LogP) is 0.976. The second-order valence-electron chi connectivity index (χ2n) is 4.33. The Labute approximate surface area is 122 Å². The zero-order valence-electron chi connectivity index (χ0n) is 11.7. The molecule has 0 aliphatic heterocycles. The summed E-state index contributed by atoms with van der Waals surface area (Å²) in [6.07, 6.45) is 3.67. The number of amides is 1. The van der Waals surface area contributed by atoms with Gasteiger partial charge in [-0.05, 0) is 17.5 Å². The molecule has 2 rings (SSSR count). The van der Waals surface area contributed by atoms with Crippen LogP contribution in [0.25, 0.3) is 11.1 Å². The van der Waals surface area contributed by atoms with Gasteiger partial charge in [0.15, 0.2) is 0 Å². The number of aliphatic hydroxyl groups is 1. The number of nitrogens with two attached hydrogens (primary N) is 1. The van der Waals surface area contributed by atoms with E-state index in [0.29, 0.717) is 5.56 Å². The Balaban J connectivity index is 2.42. The molecule has 0 spiro atoms. The highest BCUT2D eigenvalue weighted by molar-refractivity contribution is 5.89. The molecule has 1 aromatic heterocycles. The van der Waals surface area contributed by atoms with Crippen LogP contribution in [0.2, 0.25) is 0 Å². The number of aromatic nitrogens is 2. The van der Waals surface area contributed by atoms with Gasteiger partial charge in [-0.25, -0.2) is 4.98 Å². The van der Waals surface area contributed by atoms with E-state index in [1.165, 1.54) is 5.56 Å². The number of aryl methyl sites for hydroxylation is 1. The summed E-state index contributed by atoms with van der Waals surface area (Å²) in [6, 6.07) is 7.79. The van der Waals surface area contributed by atoms with Crippen LogP contribution in [-0.2, 0) is 6.42 Å². The first kappa shape index (κ1) is 14.9. The van der Waals surface area contributed by atoms with Crippen molar-refractivity contribution in [3.8, 4) is 17.0 Å². The van der Waals surface area contributed by atoms with Crippen molar-refractivity contribution in [2.24, 2.45) is 5.73 Å². The topological polar surface area (TPSA) is 98.3 Å². The fraction of sp³-hybridized carbons (Fsp3) is 0.267. The average Bonchev–Trinajstić information content (AvgIpc) is 2.52.